The molecule has 3 fully saturated rings. The van der Waals surface area contributed by atoms with Crippen LogP contribution in [0.5, 0.6) is 5.75 Å². The number of hydrogen-bond acceptors (Lipinski definition) is 9. The minimum absolute atomic E-state index is 0.0165. The second-order valence-corrected chi connectivity index (χ2v) is 11.1. The first-order chi connectivity index (χ1) is 19.1. The summed E-state index contributed by atoms with van der Waals surface area (Å²) in [6.07, 6.45) is 9.38. The Kier molecular flexibility index (Phi) is 7.83. The highest BCUT2D eigenvalue weighted by atomic mass is 16.5. The molecule has 7 N–H and O–H groups in total. The summed E-state index contributed by atoms with van der Waals surface area (Å²) in [5.74, 6) is 1.91. The predicted molar refractivity (Wildman–Crippen MR) is 149 cm³/mol. The summed E-state index contributed by atoms with van der Waals surface area (Å²) in [5.41, 5.74) is 3.31. The van der Waals surface area contributed by atoms with Crippen LogP contribution in [-0.4, -0.2) is 81.1 Å². The number of aliphatic hydroxyl groups is 2. The van der Waals surface area contributed by atoms with Gasteiger partial charge in [-0.3, -0.25) is 9.88 Å². The van der Waals surface area contributed by atoms with Crippen LogP contribution in [0, 0.1) is 0 Å². The van der Waals surface area contributed by atoms with Gasteiger partial charge < -0.3 is 30.9 Å². The highest BCUT2D eigenvalue weighted by molar-refractivity contribution is 5.82. The number of anilines is 3. The van der Waals surface area contributed by atoms with Crippen molar-refractivity contribution in [1.29, 1.82) is 0 Å². The largest absolute Gasteiger partial charge is 0.495 e. The molecule has 1 aromatic carbocycles. The third kappa shape index (κ3) is 5.54. The monoisotopic (exact) mass is 537 g/mol. The Morgan fingerprint density at radius 2 is 1.92 bits per heavy atom. The van der Waals surface area contributed by atoms with Crippen molar-refractivity contribution >= 4 is 28.6 Å². The van der Waals surface area contributed by atoms with E-state index in [1.54, 1.807) is 13.4 Å². The molecule has 4 atom stereocenters. The minimum Gasteiger partial charge on any atom is -0.495 e. The lowest BCUT2D eigenvalue weighted by Crippen LogP contribution is -2.57. The van der Waals surface area contributed by atoms with Gasteiger partial charge in [0.1, 0.15) is 5.75 Å². The SMILES string of the molecule is COc1cc(C2C(O)CCCN2C2CCNC[C@H]2O)ccc1Nc1nc(NC2CCCCC2)c2[nH]c[nH+]c2n1. The van der Waals surface area contributed by atoms with E-state index in [1.807, 2.05) is 18.2 Å². The Balaban J connectivity index is 1.27. The van der Waals surface area contributed by atoms with Crippen molar-refractivity contribution in [2.45, 2.75) is 81.7 Å². The van der Waals surface area contributed by atoms with Crippen molar-refractivity contribution in [2.24, 2.45) is 0 Å². The molecule has 3 aliphatic rings. The lowest BCUT2D eigenvalue weighted by Gasteiger charge is -2.47. The van der Waals surface area contributed by atoms with Gasteiger partial charge in [-0.1, -0.05) is 30.3 Å². The number of imidazole rings is 1. The molecule has 0 bridgehead atoms. The number of fused-ring (bicyclic) bond motifs is 1. The second kappa shape index (κ2) is 11.6. The molecule has 0 spiro atoms. The fourth-order valence-electron chi connectivity index (χ4n) is 6.60. The van der Waals surface area contributed by atoms with E-state index in [1.165, 1.54) is 19.3 Å². The summed E-state index contributed by atoms with van der Waals surface area (Å²) in [6, 6.07) is 6.21. The van der Waals surface area contributed by atoms with Gasteiger partial charge in [0.25, 0.3) is 0 Å². The summed E-state index contributed by atoms with van der Waals surface area (Å²) < 4.78 is 5.80. The second-order valence-electron chi connectivity index (χ2n) is 11.1. The van der Waals surface area contributed by atoms with Crippen molar-refractivity contribution in [3.8, 4) is 5.75 Å². The van der Waals surface area contributed by atoms with E-state index in [9.17, 15) is 10.2 Å². The summed E-state index contributed by atoms with van der Waals surface area (Å²) in [7, 11) is 1.65. The van der Waals surface area contributed by atoms with Crippen LogP contribution in [0.4, 0.5) is 17.5 Å². The van der Waals surface area contributed by atoms with Crippen LogP contribution in [-0.2, 0) is 0 Å². The lowest BCUT2D eigenvalue weighted by atomic mass is 9.88. The Bertz CT molecular complexity index is 1260. The fourth-order valence-corrected chi connectivity index (χ4v) is 6.60. The van der Waals surface area contributed by atoms with E-state index < -0.39 is 12.2 Å². The number of nitrogens with one attached hydrogen (secondary N) is 5. The molecule has 3 aromatic rings. The highest BCUT2D eigenvalue weighted by Gasteiger charge is 2.39. The van der Waals surface area contributed by atoms with E-state index in [4.69, 9.17) is 9.72 Å². The van der Waals surface area contributed by atoms with Gasteiger partial charge in [0, 0.05) is 18.6 Å². The number of H-pyrrole nitrogens is 2. The number of nitrogens with zero attached hydrogens (tertiary/aromatic N) is 3. The average Bonchev–Trinajstić information content (AvgIpc) is 3.43. The standard InChI is InChI=1S/C28H40N8O3/c1-39-23-14-17(25-21(37)8-5-13-36(25)20-11-12-29-15-22(20)38)9-10-19(23)33-28-34-26-24(30-16-31-26)27(35-28)32-18-6-3-2-4-7-18/h9-10,14,16,18,20-22,25,29,37-38H,2-8,11-13,15H2,1H3,(H3,30,31,32,33,34,35)/p+1/t20?,21?,22-,25?/m1/s1. The molecule has 39 heavy (non-hydrogen) atoms. The summed E-state index contributed by atoms with van der Waals surface area (Å²) >= 11 is 0. The fraction of sp³-hybridized carbons (Fsp3) is 0.607. The van der Waals surface area contributed by atoms with E-state index in [0.29, 0.717) is 24.3 Å². The maximum absolute atomic E-state index is 11.1. The predicted octanol–water partition coefficient (Wildman–Crippen LogP) is 2.49. The van der Waals surface area contributed by atoms with Gasteiger partial charge in [0.05, 0.1) is 31.0 Å². The van der Waals surface area contributed by atoms with Crippen LogP contribution >= 0.6 is 0 Å². The zero-order valence-corrected chi connectivity index (χ0v) is 22.6. The Hall–Kier alpha value is -2.99. The number of hydrogen-bond donors (Lipinski definition) is 6. The normalized spacial score (nSPS) is 26.9. The van der Waals surface area contributed by atoms with Crippen LogP contribution in [0.3, 0.4) is 0 Å². The van der Waals surface area contributed by atoms with Gasteiger partial charge in [-0.25, -0.2) is 4.98 Å². The minimum atomic E-state index is -0.507. The number of likely N-dealkylation sites (tertiary alicyclic amines) is 1. The molecule has 6 rings (SSSR count). The lowest BCUT2D eigenvalue weighted by molar-refractivity contribution is -0.347. The molecule has 2 saturated heterocycles. The zero-order chi connectivity index (χ0) is 26.8. The molecule has 2 aromatic heterocycles. The third-order valence-electron chi connectivity index (χ3n) is 8.57. The van der Waals surface area contributed by atoms with E-state index >= 15 is 0 Å². The number of β-amino-alcohol motifs (C(OH)–C–C–N with tert-alkyl or cyclic N) is 1. The maximum Gasteiger partial charge on any atom is 0.307 e. The average molecular weight is 538 g/mol. The van der Waals surface area contributed by atoms with Gasteiger partial charge >= 0.3 is 11.6 Å². The first-order valence-electron chi connectivity index (χ1n) is 14.4. The molecule has 210 valence electrons. The summed E-state index contributed by atoms with van der Waals surface area (Å²) in [5, 5.41) is 32.1. The number of aliphatic hydroxyl groups excluding tert-OH is 2. The first-order valence-corrected chi connectivity index (χ1v) is 14.4. The van der Waals surface area contributed by atoms with E-state index in [0.717, 1.165) is 73.4 Å². The van der Waals surface area contributed by atoms with Gasteiger partial charge in [-0.15, -0.1) is 0 Å². The molecule has 1 saturated carbocycles. The Morgan fingerprint density at radius 3 is 2.74 bits per heavy atom. The maximum atomic E-state index is 11.1. The molecular formula is C28H41N8O3+. The molecule has 0 radical (unpaired) electrons. The molecule has 1 aliphatic carbocycles. The number of piperidine rings is 2. The third-order valence-corrected chi connectivity index (χ3v) is 8.57. The smallest absolute Gasteiger partial charge is 0.307 e. The first kappa shape index (κ1) is 26.2. The van der Waals surface area contributed by atoms with Crippen molar-refractivity contribution in [3.05, 3.63) is 30.1 Å². The number of benzene rings is 1. The van der Waals surface area contributed by atoms with Crippen LogP contribution in [0.1, 0.15) is 63.0 Å². The van der Waals surface area contributed by atoms with Crippen LogP contribution in [0.15, 0.2) is 24.5 Å². The summed E-state index contributed by atoms with van der Waals surface area (Å²) in [4.78, 5) is 18.2. The summed E-state index contributed by atoms with van der Waals surface area (Å²) in [6.45, 7) is 2.30. The Morgan fingerprint density at radius 1 is 1.05 bits per heavy atom. The number of aromatic amines is 2. The van der Waals surface area contributed by atoms with Gasteiger partial charge in [-0.05, 0) is 62.9 Å². The van der Waals surface area contributed by atoms with Crippen LogP contribution in [0.2, 0.25) is 0 Å². The molecule has 11 heteroatoms. The molecular weight excluding hydrogens is 496 g/mol. The van der Waals surface area contributed by atoms with Crippen molar-refractivity contribution in [3.63, 3.8) is 0 Å². The van der Waals surface area contributed by atoms with Crippen molar-refractivity contribution in [2.75, 3.05) is 37.4 Å². The van der Waals surface area contributed by atoms with Gasteiger partial charge in [-0.2, -0.15) is 4.98 Å². The Labute approximate surface area is 228 Å². The highest BCUT2D eigenvalue weighted by Crippen LogP contribution is 2.38. The molecule has 11 nitrogen and oxygen atoms in total. The van der Waals surface area contributed by atoms with Crippen LogP contribution in [0.25, 0.3) is 11.2 Å². The number of ether oxygens (including phenoxy) is 1. The van der Waals surface area contributed by atoms with Crippen molar-refractivity contribution in [1.82, 2.24) is 25.2 Å². The van der Waals surface area contributed by atoms with E-state index in [-0.39, 0.29) is 12.1 Å². The number of aromatic nitrogens is 4. The molecule has 3 unspecified atom stereocenters. The van der Waals surface area contributed by atoms with Gasteiger partial charge in [0.2, 0.25) is 5.52 Å². The molecule has 0 amide bonds. The topological polar surface area (TPSA) is 145 Å². The zero-order valence-electron chi connectivity index (χ0n) is 22.6. The van der Waals surface area contributed by atoms with Crippen LogP contribution < -0.4 is 25.7 Å². The quantitative estimate of drug-likeness (QED) is 0.268. The van der Waals surface area contributed by atoms with E-state index in [2.05, 4.69) is 35.8 Å². The number of rotatable bonds is 7. The van der Waals surface area contributed by atoms with Gasteiger partial charge in [0.15, 0.2) is 12.1 Å². The molecule has 2 aliphatic heterocycles. The van der Waals surface area contributed by atoms with Crippen molar-refractivity contribution < 1.29 is 19.9 Å². The number of methoxy groups -OCH3 is 1. The molecule has 4 heterocycles.